The van der Waals surface area contributed by atoms with Crippen LogP contribution in [0.5, 0.6) is 0 Å². The van der Waals surface area contributed by atoms with Gasteiger partial charge < -0.3 is 0 Å². The number of sulfone groups is 1. The minimum atomic E-state index is -3.40. The third-order valence-electron chi connectivity index (χ3n) is 1.75. The van der Waals surface area contributed by atoms with Crippen LogP contribution in [-0.4, -0.2) is 16.5 Å². The molecule has 0 aliphatic heterocycles. The Hall–Kier alpha value is 0.0200. The van der Waals surface area contributed by atoms with Crippen molar-refractivity contribution >= 4 is 63.3 Å². The van der Waals surface area contributed by atoms with Crippen LogP contribution in [-0.2, 0) is 9.84 Å². The molecule has 15 heavy (non-hydrogen) atoms. The number of hydrogen-bond donors (Lipinski definition) is 0. The van der Waals surface area contributed by atoms with E-state index in [1.54, 1.807) is 6.07 Å². The minimum Gasteiger partial charge on any atom is -0.225 e. The normalized spacial score (nSPS) is 12.5. The second-order valence-electron chi connectivity index (χ2n) is 2.75. The first-order valence-corrected chi connectivity index (χ1v) is 8.09. The third kappa shape index (κ3) is 2.11. The van der Waals surface area contributed by atoms with Gasteiger partial charge in [0, 0.05) is 0 Å². The molecule has 0 fully saturated rings. The van der Waals surface area contributed by atoms with Crippen molar-refractivity contribution in [2.45, 2.75) is 7.41 Å². The van der Waals surface area contributed by atoms with Crippen LogP contribution in [0, 0.1) is 0 Å². The summed E-state index contributed by atoms with van der Waals surface area (Å²) in [6.07, 6.45) is 0. The minimum absolute atomic E-state index is 0.127. The van der Waals surface area contributed by atoms with Gasteiger partial charge in [0.05, 0.1) is 10.2 Å². The van der Waals surface area contributed by atoms with Gasteiger partial charge in [0.25, 0.3) is 0 Å². The highest BCUT2D eigenvalue weighted by atomic mass is 79.9. The van der Waals surface area contributed by atoms with Gasteiger partial charge in [-0.1, -0.05) is 44.0 Å². The Kier molecular flexibility index (Phi) is 3.16. The van der Waals surface area contributed by atoms with Crippen molar-refractivity contribution in [1.82, 2.24) is 4.98 Å². The lowest BCUT2D eigenvalue weighted by molar-refractivity contribution is 0.599. The molecular formula is C8H5Br2NO2S2. The highest BCUT2D eigenvalue weighted by molar-refractivity contribution is 9.27. The topological polar surface area (TPSA) is 47.0 Å². The van der Waals surface area contributed by atoms with Crippen molar-refractivity contribution in [1.29, 1.82) is 0 Å². The predicted molar refractivity (Wildman–Crippen MR) is 68.4 cm³/mol. The Morgan fingerprint density at radius 2 is 1.93 bits per heavy atom. The van der Waals surface area contributed by atoms with Crippen molar-refractivity contribution in [2.75, 3.05) is 0 Å². The molecule has 7 heteroatoms. The van der Waals surface area contributed by atoms with Crippen molar-refractivity contribution in [3.8, 4) is 0 Å². The summed E-state index contributed by atoms with van der Waals surface area (Å²) in [4.78, 5) is 4.08. The first-order valence-electron chi connectivity index (χ1n) is 3.89. The maximum atomic E-state index is 11.8. The molecule has 2 rings (SSSR count). The fourth-order valence-electron chi connectivity index (χ4n) is 1.05. The van der Waals surface area contributed by atoms with E-state index < -0.39 is 12.9 Å². The Labute approximate surface area is 108 Å². The molecule has 0 atom stereocenters. The van der Waals surface area contributed by atoms with Crippen LogP contribution >= 0.6 is 43.2 Å². The molecule has 0 radical (unpaired) electrons. The second kappa shape index (κ2) is 4.12. The van der Waals surface area contributed by atoms with Crippen LogP contribution in [0.4, 0.5) is 0 Å². The molecule has 0 amide bonds. The van der Waals surface area contributed by atoms with Crippen molar-refractivity contribution < 1.29 is 8.42 Å². The fraction of sp³-hybridized carbons (Fsp3) is 0.125. The number of thiazole rings is 1. The third-order valence-corrected chi connectivity index (χ3v) is 7.53. The molecule has 0 saturated carbocycles. The first-order chi connectivity index (χ1) is 7.01. The average molecular weight is 371 g/mol. The Balaban J connectivity index is 2.64. The molecule has 3 nitrogen and oxygen atoms in total. The van der Waals surface area contributed by atoms with Crippen molar-refractivity contribution in [3.05, 3.63) is 24.3 Å². The lowest BCUT2D eigenvalue weighted by Crippen LogP contribution is -2.07. The zero-order valence-electron chi connectivity index (χ0n) is 7.22. The number of alkyl halides is 2. The van der Waals surface area contributed by atoms with E-state index in [1.165, 1.54) is 11.3 Å². The van der Waals surface area contributed by atoms with Crippen molar-refractivity contribution in [3.63, 3.8) is 0 Å². The number of fused-ring (bicyclic) bond motifs is 1. The lowest BCUT2D eigenvalue weighted by Gasteiger charge is -1.98. The number of nitrogens with zero attached hydrogens (tertiary/aromatic N) is 1. The molecule has 2 aromatic rings. The molecule has 1 aromatic heterocycles. The molecule has 0 aliphatic rings. The van der Waals surface area contributed by atoms with Crippen molar-refractivity contribution in [2.24, 2.45) is 0 Å². The highest BCUT2D eigenvalue weighted by Gasteiger charge is 2.26. The van der Waals surface area contributed by atoms with Gasteiger partial charge in [-0.05, 0) is 12.1 Å². The standard InChI is InChI=1S/C8H5Br2NO2S2/c9-7(10)15(12,13)8-11-5-3-1-2-4-6(5)14-8/h1-4,7H. The van der Waals surface area contributed by atoms with E-state index in [0.717, 1.165) is 4.70 Å². The van der Waals surface area contributed by atoms with Gasteiger partial charge >= 0.3 is 0 Å². The van der Waals surface area contributed by atoms with Crippen LogP contribution in [0.3, 0.4) is 0 Å². The molecule has 0 unspecified atom stereocenters. The molecular weight excluding hydrogens is 366 g/mol. The van der Waals surface area contributed by atoms with Gasteiger partial charge in [-0.2, -0.15) is 0 Å². The monoisotopic (exact) mass is 369 g/mol. The van der Waals surface area contributed by atoms with E-state index in [1.807, 2.05) is 18.2 Å². The van der Waals surface area contributed by atoms with Crippen LogP contribution in [0.25, 0.3) is 10.2 Å². The zero-order chi connectivity index (χ0) is 11.1. The van der Waals surface area contributed by atoms with Gasteiger partial charge in [-0.25, -0.2) is 13.4 Å². The summed E-state index contributed by atoms with van der Waals surface area (Å²) in [5.74, 6) is 0. The van der Waals surface area contributed by atoms with Crippen LogP contribution in [0.1, 0.15) is 0 Å². The molecule has 0 saturated heterocycles. The van der Waals surface area contributed by atoms with Gasteiger partial charge in [0.15, 0.2) is 3.07 Å². The Morgan fingerprint density at radius 3 is 2.53 bits per heavy atom. The largest absolute Gasteiger partial charge is 0.228 e. The Morgan fingerprint density at radius 1 is 1.27 bits per heavy atom. The maximum absolute atomic E-state index is 11.8. The summed E-state index contributed by atoms with van der Waals surface area (Å²) in [6.45, 7) is 0. The number of aromatic nitrogens is 1. The molecule has 1 aromatic carbocycles. The molecule has 80 valence electrons. The first kappa shape index (κ1) is 11.5. The Bertz CT molecular complexity index is 558. The summed E-state index contributed by atoms with van der Waals surface area (Å²) < 4.78 is 23.7. The van der Waals surface area contributed by atoms with E-state index in [4.69, 9.17) is 0 Å². The lowest BCUT2D eigenvalue weighted by atomic mass is 10.3. The predicted octanol–water partition coefficient (Wildman–Crippen LogP) is 3.14. The van der Waals surface area contributed by atoms with Crippen LogP contribution in [0.2, 0.25) is 0 Å². The summed E-state index contributed by atoms with van der Waals surface area (Å²) in [5.41, 5.74) is 0.710. The number of halogens is 2. The van der Waals surface area contributed by atoms with E-state index in [0.29, 0.717) is 5.52 Å². The van der Waals surface area contributed by atoms with E-state index in [9.17, 15) is 8.42 Å². The van der Waals surface area contributed by atoms with E-state index >= 15 is 0 Å². The van der Waals surface area contributed by atoms with Gasteiger partial charge in [-0.3, -0.25) is 0 Å². The number of rotatable bonds is 2. The summed E-state index contributed by atoms with van der Waals surface area (Å²) in [6, 6.07) is 7.33. The van der Waals surface area contributed by atoms with Gasteiger partial charge in [0.2, 0.25) is 14.2 Å². The zero-order valence-corrected chi connectivity index (χ0v) is 12.0. The molecule has 0 spiro atoms. The van der Waals surface area contributed by atoms with E-state index in [2.05, 4.69) is 36.8 Å². The molecule has 0 aliphatic carbocycles. The maximum Gasteiger partial charge on any atom is 0.228 e. The quantitative estimate of drug-likeness (QED) is 0.763. The molecule has 0 N–H and O–H groups in total. The van der Waals surface area contributed by atoms with Crippen LogP contribution < -0.4 is 0 Å². The second-order valence-corrected chi connectivity index (χ2v) is 10.3. The number of para-hydroxylation sites is 1. The average Bonchev–Trinajstić information content (AvgIpc) is 2.61. The summed E-state index contributed by atoms with van der Waals surface area (Å²) in [5, 5.41) is 0. The van der Waals surface area contributed by atoms with Gasteiger partial charge in [0.1, 0.15) is 0 Å². The summed E-state index contributed by atoms with van der Waals surface area (Å²) in [7, 11) is -3.40. The molecule has 1 heterocycles. The van der Waals surface area contributed by atoms with E-state index in [-0.39, 0.29) is 4.34 Å². The van der Waals surface area contributed by atoms with Crippen LogP contribution in [0.15, 0.2) is 28.6 Å². The summed E-state index contributed by atoms with van der Waals surface area (Å²) >= 11 is 7.14. The fourth-order valence-corrected chi connectivity index (χ4v) is 4.95. The smallest absolute Gasteiger partial charge is 0.225 e. The SMILES string of the molecule is O=S(=O)(c1nc2ccccc2s1)C(Br)Br. The molecule has 0 bridgehead atoms. The highest BCUT2D eigenvalue weighted by Crippen LogP contribution is 2.31. The number of hydrogen-bond acceptors (Lipinski definition) is 4. The number of benzene rings is 1. The van der Waals surface area contributed by atoms with Gasteiger partial charge in [-0.15, -0.1) is 11.3 Å².